The minimum Gasteiger partial charge on any atom is -0.460 e. The van der Waals surface area contributed by atoms with Gasteiger partial charge in [-0.15, -0.1) is 0 Å². The molecule has 0 saturated carbocycles. The van der Waals surface area contributed by atoms with Gasteiger partial charge in [0.25, 0.3) is 0 Å². The number of rotatable bonds is 6. The average Bonchev–Trinajstić information content (AvgIpc) is 3.17. The van der Waals surface area contributed by atoms with Crippen molar-refractivity contribution < 1.29 is 9.53 Å². The van der Waals surface area contributed by atoms with Crippen LogP contribution in [0, 0.1) is 5.92 Å². The largest absolute Gasteiger partial charge is 0.460 e. The summed E-state index contributed by atoms with van der Waals surface area (Å²) in [5, 5.41) is 4.13. The second kappa shape index (κ2) is 7.35. The van der Waals surface area contributed by atoms with Crippen molar-refractivity contribution in [2.45, 2.75) is 37.8 Å². The van der Waals surface area contributed by atoms with Gasteiger partial charge in [-0.2, -0.15) is 5.10 Å². The molecule has 2 aromatic rings. The third-order valence-corrected chi connectivity index (χ3v) is 5.46. The van der Waals surface area contributed by atoms with Crippen LogP contribution < -0.4 is 0 Å². The van der Waals surface area contributed by atoms with Gasteiger partial charge in [0.2, 0.25) is 0 Å². The van der Waals surface area contributed by atoms with E-state index in [0.717, 1.165) is 38.0 Å². The lowest BCUT2D eigenvalue weighted by molar-refractivity contribution is -0.161. The summed E-state index contributed by atoms with van der Waals surface area (Å²) in [5.41, 5.74) is 1.01. The summed E-state index contributed by atoms with van der Waals surface area (Å²) in [6.07, 6.45) is 6.20. The molecule has 4 heterocycles. The molecule has 6 heteroatoms. The molecule has 3 aliphatic heterocycles. The highest BCUT2D eigenvalue weighted by molar-refractivity contribution is 5.78. The molecule has 0 spiro atoms. The summed E-state index contributed by atoms with van der Waals surface area (Å²) in [6, 6.07) is 9.92. The Morgan fingerprint density at radius 2 is 2.04 bits per heavy atom. The normalized spacial score (nSPS) is 26.3. The van der Waals surface area contributed by atoms with E-state index in [9.17, 15) is 4.79 Å². The summed E-state index contributed by atoms with van der Waals surface area (Å²) in [7, 11) is 0. The van der Waals surface area contributed by atoms with E-state index in [1.54, 1.807) is 11.0 Å². The van der Waals surface area contributed by atoms with E-state index < -0.39 is 0 Å². The van der Waals surface area contributed by atoms with Crippen LogP contribution >= 0.6 is 0 Å². The van der Waals surface area contributed by atoms with Crippen molar-refractivity contribution in [3.05, 3.63) is 48.5 Å². The minimum absolute atomic E-state index is 0.0487. The highest BCUT2D eigenvalue weighted by Gasteiger charge is 2.37. The van der Waals surface area contributed by atoms with Gasteiger partial charge in [-0.25, -0.2) is 4.98 Å². The smallest absolute Gasteiger partial charge is 0.313 e. The van der Waals surface area contributed by atoms with E-state index in [4.69, 9.17) is 4.74 Å². The van der Waals surface area contributed by atoms with Gasteiger partial charge in [-0.1, -0.05) is 30.3 Å². The van der Waals surface area contributed by atoms with Crippen molar-refractivity contribution in [3.8, 4) is 0 Å². The molecule has 3 aliphatic rings. The van der Waals surface area contributed by atoms with Gasteiger partial charge < -0.3 is 4.74 Å². The molecule has 1 aromatic heterocycles. The van der Waals surface area contributed by atoms with Crippen molar-refractivity contribution in [1.29, 1.82) is 0 Å². The first-order chi connectivity index (χ1) is 12.3. The predicted octanol–water partition coefficient (Wildman–Crippen LogP) is 2.09. The summed E-state index contributed by atoms with van der Waals surface area (Å²) >= 11 is 0. The Kier molecular flexibility index (Phi) is 4.78. The van der Waals surface area contributed by atoms with E-state index >= 15 is 0 Å². The number of carbonyl (C=O) groups excluding carboxylic acids is 1. The van der Waals surface area contributed by atoms with Crippen LogP contribution in [0.2, 0.25) is 0 Å². The number of fused-ring (bicyclic) bond motifs is 3. The number of piperidine rings is 3. The number of esters is 1. The van der Waals surface area contributed by atoms with Gasteiger partial charge in [0.05, 0.1) is 5.92 Å². The van der Waals surface area contributed by atoms with E-state index in [0.29, 0.717) is 18.9 Å². The molecule has 5 rings (SSSR count). The number of aryl methyl sites for hydroxylation is 1. The lowest BCUT2D eigenvalue weighted by atomic mass is 9.85. The fraction of sp³-hybridized carbons (Fsp3) is 0.526. The van der Waals surface area contributed by atoms with E-state index in [1.165, 1.54) is 6.33 Å². The first kappa shape index (κ1) is 16.3. The number of benzene rings is 1. The molecule has 0 radical (unpaired) electrons. The van der Waals surface area contributed by atoms with Crippen LogP contribution in [0.5, 0.6) is 0 Å². The molecule has 0 aliphatic carbocycles. The van der Waals surface area contributed by atoms with Crippen molar-refractivity contribution in [2.75, 3.05) is 19.6 Å². The van der Waals surface area contributed by atoms with Gasteiger partial charge >= 0.3 is 5.97 Å². The molecule has 3 saturated heterocycles. The van der Waals surface area contributed by atoms with Gasteiger partial charge in [-0.3, -0.25) is 14.4 Å². The predicted molar refractivity (Wildman–Crippen MR) is 92.9 cm³/mol. The maximum absolute atomic E-state index is 13.0. The number of nitrogens with zero attached hydrogens (tertiary/aromatic N) is 4. The molecule has 1 aromatic carbocycles. The standard InChI is InChI=1S/C19H24N4O2/c24-19(25-18-12-22-9-6-16(18)7-10-22)17(15-4-2-1-3-5-15)8-11-23-14-20-13-21-23/h1-5,13-14,16-18H,6-12H2/t17?,18-/m0/s1. The van der Waals surface area contributed by atoms with E-state index in [-0.39, 0.29) is 18.0 Å². The fourth-order valence-corrected chi connectivity index (χ4v) is 3.99. The molecule has 1 unspecified atom stereocenters. The Morgan fingerprint density at radius 3 is 2.68 bits per heavy atom. The van der Waals surface area contributed by atoms with E-state index in [1.807, 2.05) is 30.3 Å². The zero-order valence-electron chi connectivity index (χ0n) is 14.3. The van der Waals surface area contributed by atoms with Crippen LogP contribution in [0.4, 0.5) is 0 Å². The third-order valence-electron chi connectivity index (χ3n) is 5.46. The molecule has 6 nitrogen and oxygen atoms in total. The van der Waals surface area contributed by atoms with Crippen molar-refractivity contribution in [1.82, 2.24) is 19.7 Å². The third kappa shape index (κ3) is 3.74. The zero-order chi connectivity index (χ0) is 17.1. The molecule has 25 heavy (non-hydrogen) atoms. The van der Waals surface area contributed by atoms with Crippen LogP contribution in [-0.2, 0) is 16.1 Å². The summed E-state index contributed by atoms with van der Waals surface area (Å²) in [6.45, 7) is 3.83. The number of carbonyl (C=O) groups is 1. The van der Waals surface area contributed by atoms with Crippen molar-refractivity contribution in [2.24, 2.45) is 5.92 Å². The van der Waals surface area contributed by atoms with Crippen LogP contribution in [0.25, 0.3) is 0 Å². The highest BCUT2D eigenvalue weighted by atomic mass is 16.5. The maximum atomic E-state index is 13.0. The Morgan fingerprint density at radius 1 is 1.24 bits per heavy atom. The summed E-state index contributed by atoms with van der Waals surface area (Å²) in [5.74, 6) is 0.159. The first-order valence-corrected chi connectivity index (χ1v) is 9.10. The molecular formula is C19H24N4O2. The fourth-order valence-electron chi connectivity index (χ4n) is 3.99. The first-order valence-electron chi connectivity index (χ1n) is 9.10. The topological polar surface area (TPSA) is 60.2 Å². The van der Waals surface area contributed by atoms with Crippen LogP contribution in [0.3, 0.4) is 0 Å². The minimum atomic E-state index is -0.263. The lowest BCUT2D eigenvalue weighted by Crippen LogP contribution is -2.52. The second-order valence-electron chi connectivity index (χ2n) is 7.02. The van der Waals surface area contributed by atoms with Crippen LogP contribution in [0.1, 0.15) is 30.7 Å². The SMILES string of the molecule is O=C(O[C@H]1CN2CCC1CC2)C(CCn1cncn1)c1ccccc1. The van der Waals surface area contributed by atoms with Crippen LogP contribution in [0.15, 0.2) is 43.0 Å². The molecule has 3 fully saturated rings. The van der Waals surface area contributed by atoms with Gasteiger partial charge in [-0.05, 0) is 43.8 Å². The van der Waals surface area contributed by atoms with Crippen molar-refractivity contribution >= 4 is 5.97 Å². The lowest BCUT2D eigenvalue weighted by Gasteiger charge is -2.44. The number of ether oxygens (including phenoxy) is 1. The molecule has 2 bridgehead atoms. The Hall–Kier alpha value is -2.21. The molecule has 2 atom stereocenters. The molecule has 132 valence electrons. The quantitative estimate of drug-likeness (QED) is 0.754. The van der Waals surface area contributed by atoms with Crippen LogP contribution in [-0.4, -0.2) is 51.4 Å². The van der Waals surface area contributed by atoms with Gasteiger partial charge in [0, 0.05) is 13.1 Å². The van der Waals surface area contributed by atoms with E-state index in [2.05, 4.69) is 15.0 Å². The zero-order valence-corrected chi connectivity index (χ0v) is 14.3. The number of hydrogen-bond acceptors (Lipinski definition) is 5. The monoisotopic (exact) mass is 340 g/mol. The Balaban J connectivity index is 1.45. The number of hydrogen-bond donors (Lipinski definition) is 0. The molecule has 0 amide bonds. The highest BCUT2D eigenvalue weighted by Crippen LogP contribution is 2.31. The Bertz CT molecular complexity index is 681. The summed E-state index contributed by atoms with van der Waals surface area (Å²) < 4.78 is 7.75. The molecular weight excluding hydrogens is 316 g/mol. The van der Waals surface area contributed by atoms with Gasteiger partial charge in [0.1, 0.15) is 18.8 Å². The maximum Gasteiger partial charge on any atom is 0.313 e. The average molecular weight is 340 g/mol. The molecule has 0 N–H and O–H groups in total. The number of aromatic nitrogens is 3. The second-order valence-corrected chi connectivity index (χ2v) is 7.02. The Labute approximate surface area is 147 Å². The summed E-state index contributed by atoms with van der Waals surface area (Å²) in [4.78, 5) is 19.3. The van der Waals surface area contributed by atoms with Crippen molar-refractivity contribution in [3.63, 3.8) is 0 Å². The van der Waals surface area contributed by atoms with Gasteiger partial charge in [0.15, 0.2) is 0 Å².